The Kier molecular flexibility index (Phi) is 5.89. The van der Waals surface area contributed by atoms with Gasteiger partial charge < -0.3 is 20.4 Å². The SMILES string of the molecule is C=CC1CN2CC[C@H]1C[C@H]2[C@@H](Nc1c(Nc2nc3ccccc3[nH]2)c(=O)c1=O)c1ccnc2ccc(OC)cc12. The number of H-pyrrole nitrogens is 1. The van der Waals surface area contributed by atoms with Crippen LogP contribution in [0.3, 0.4) is 0 Å². The molecule has 3 saturated heterocycles. The number of imidazole rings is 1. The number of aromatic nitrogens is 3. The first kappa shape index (κ1) is 24.5. The Morgan fingerprint density at radius 1 is 1.12 bits per heavy atom. The summed E-state index contributed by atoms with van der Waals surface area (Å²) in [6, 6.07) is 15.3. The zero-order valence-corrected chi connectivity index (χ0v) is 22.2. The summed E-state index contributed by atoms with van der Waals surface area (Å²) in [5, 5.41) is 7.58. The molecule has 0 amide bonds. The summed E-state index contributed by atoms with van der Waals surface area (Å²) in [6.07, 6.45) is 5.97. The number of ether oxygens (including phenoxy) is 1. The molecule has 5 heterocycles. The lowest BCUT2D eigenvalue weighted by atomic mass is 9.73. The van der Waals surface area contributed by atoms with Crippen molar-refractivity contribution in [2.45, 2.75) is 24.9 Å². The summed E-state index contributed by atoms with van der Waals surface area (Å²) < 4.78 is 5.54. The highest BCUT2D eigenvalue weighted by atomic mass is 16.5. The molecule has 0 saturated carbocycles. The molecule has 2 bridgehead atoms. The summed E-state index contributed by atoms with van der Waals surface area (Å²) in [7, 11) is 1.65. The number of hydrogen-bond acceptors (Lipinski definition) is 8. The predicted molar refractivity (Wildman–Crippen MR) is 157 cm³/mol. The Balaban J connectivity index is 1.30. The molecule has 3 aliphatic heterocycles. The maximum atomic E-state index is 13.0. The van der Waals surface area contributed by atoms with E-state index in [1.54, 1.807) is 13.3 Å². The van der Waals surface area contributed by atoms with E-state index < -0.39 is 10.9 Å². The van der Waals surface area contributed by atoms with Crippen molar-refractivity contribution < 1.29 is 4.74 Å². The van der Waals surface area contributed by atoms with Crippen LogP contribution in [0.15, 0.2) is 77.0 Å². The van der Waals surface area contributed by atoms with Gasteiger partial charge in [0.15, 0.2) is 0 Å². The van der Waals surface area contributed by atoms with Crippen LogP contribution in [-0.4, -0.2) is 46.1 Å². The van der Waals surface area contributed by atoms with Crippen LogP contribution < -0.4 is 26.2 Å². The predicted octanol–water partition coefficient (Wildman–Crippen LogP) is 4.51. The molecule has 5 atom stereocenters. The fraction of sp³-hybridized carbons (Fsp3) is 0.290. The molecule has 3 N–H and O–H groups in total. The molecule has 0 aliphatic carbocycles. The molecule has 3 aliphatic rings. The third-order valence-corrected chi connectivity index (χ3v) is 8.70. The third kappa shape index (κ3) is 3.96. The molecule has 8 rings (SSSR count). The number of piperidine rings is 3. The number of aromatic amines is 1. The van der Waals surface area contributed by atoms with Gasteiger partial charge in [0, 0.05) is 24.2 Å². The van der Waals surface area contributed by atoms with Crippen LogP contribution >= 0.6 is 0 Å². The van der Waals surface area contributed by atoms with Crippen molar-refractivity contribution >= 4 is 39.3 Å². The fourth-order valence-electron chi connectivity index (χ4n) is 6.58. The summed E-state index contributed by atoms with van der Waals surface area (Å²) >= 11 is 0. The van der Waals surface area contributed by atoms with Crippen LogP contribution in [0.1, 0.15) is 24.4 Å². The number of benzene rings is 2. The van der Waals surface area contributed by atoms with Crippen molar-refractivity contribution in [1.29, 1.82) is 0 Å². The number of methoxy groups -OCH3 is 1. The second-order valence-corrected chi connectivity index (χ2v) is 10.8. The van der Waals surface area contributed by atoms with E-state index in [4.69, 9.17) is 4.74 Å². The van der Waals surface area contributed by atoms with E-state index in [2.05, 4.69) is 43.1 Å². The Labute approximate surface area is 230 Å². The third-order valence-electron chi connectivity index (χ3n) is 8.70. The number of pyridine rings is 1. The van der Waals surface area contributed by atoms with Gasteiger partial charge in [-0.2, -0.15) is 0 Å². The van der Waals surface area contributed by atoms with Crippen molar-refractivity contribution in [2.24, 2.45) is 11.8 Å². The van der Waals surface area contributed by atoms with E-state index in [1.165, 1.54) is 0 Å². The van der Waals surface area contributed by atoms with Gasteiger partial charge in [0.1, 0.15) is 17.1 Å². The van der Waals surface area contributed by atoms with E-state index >= 15 is 0 Å². The van der Waals surface area contributed by atoms with Crippen LogP contribution in [0.2, 0.25) is 0 Å². The maximum absolute atomic E-state index is 13.0. The number of fused-ring (bicyclic) bond motifs is 5. The lowest BCUT2D eigenvalue weighted by molar-refractivity contribution is 0.0105. The molecule has 9 nitrogen and oxygen atoms in total. The van der Waals surface area contributed by atoms with Crippen LogP contribution in [0.25, 0.3) is 21.9 Å². The average Bonchev–Trinajstić information content (AvgIpc) is 3.43. The van der Waals surface area contributed by atoms with Gasteiger partial charge in [0.25, 0.3) is 10.9 Å². The molecule has 2 unspecified atom stereocenters. The van der Waals surface area contributed by atoms with Crippen molar-refractivity contribution in [3.05, 3.63) is 93.4 Å². The zero-order valence-electron chi connectivity index (χ0n) is 22.2. The minimum absolute atomic E-state index is 0.121. The van der Waals surface area contributed by atoms with Crippen LogP contribution in [-0.2, 0) is 0 Å². The molecule has 9 heteroatoms. The van der Waals surface area contributed by atoms with Gasteiger partial charge in [-0.05, 0) is 73.2 Å². The van der Waals surface area contributed by atoms with E-state index in [-0.39, 0.29) is 23.5 Å². The molecule has 3 fully saturated rings. The van der Waals surface area contributed by atoms with Gasteiger partial charge >= 0.3 is 0 Å². The highest BCUT2D eigenvalue weighted by Gasteiger charge is 2.43. The van der Waals surface area contributed by atoms with E-state index in [0.717, 1.165) is 59.2 Å². The summed E-state index contributed by atoms with van der Waals surface area (Å²) in [5.74, 6) is 2.14. The smallest absolute Gasteiger partial charge is 0.253 e. The number of nitrogens with zero attached hydrogens (tertiary/aromatic N) is 3. The van der Waals surface area contributed by atoms with Gasteiger partial charge in [-0.15, -0.1) is 6.58 Å². The van der Waals surface area contributed by atoms with E-state index in [0.29, 0.717) is 17.8 Å². The second-order valence-electron chi connectivity index (χ2n) is 10.8. The van der Waals surface area contributed by atoms with Crippen LogP contribution in [0.4, 0.5) is 17.3 Å². The van der Waals surface area contributed by atoms with Crippen molar-refractivity contribution in [3.8, 4) is 5.75 Å². The van der Waals surface area contributed by atoms with E-state index in [9.17, 15) is 9.59 Å². The fourth-order valence-corrected chi connectivity index (χ4v) is 6.58. The number of nitrogens with one attached hydrogen (secondary N) is 3. The molecule has 2 aromatic heterocycles. The van der Waals surface area contributed by atoms with Crippen molar-refractivity contribution in [1.82, 2.24) is 19.9 Å². The Bertz CT molecular complexity index is 1790. The zero-order chi connectivity index (χ0) is 27.4. The molecule has 0 radical (unpaired) electrons. The lowest BCUT2D eigenvalue weighted by Crippen LogP contribution is -2.56. The first-order valence-electron chi connectivity index (χ1n) is 13.6. The molecule has 202 valence electrons. The van der Waals surface area contributed by atoms with Gasteiger partial charge in [0.2, 0.25) is 5.95 Å². The van der Waals surface area contributed by atoms with E-state index in [1.807, 2.05) is 48.5 Å². The Hall–Kier alpha value is -4.50. The Morgan fingerprint density at radius 3 is 2.75 bits per heavy atom. The standard InChI is InChI=1S/C31H30N6O3/c1-3-17-16-37-13-11-18(17)14-25(37)26(20-10-12-32-22-9-8-19(40-2)15-21(20)22)35-27-28(30(39)29(27)38)36-31-33-23-6-4-5-7-24(23)34-31/h3-10,12,15,17-18,25-26,35H,1,11,13-14,16H2,2H3,(H2,33,34,36)/t17?,18-,25-,26-/m0/s1. The average molecular weight is 535 g/mol. The molecule has 40 heavy (non-hydrogen) atoms. The van der Waals surface area contributed by atoms with Gasteiger partial charge in [0.05, 0.1) is 29.7 Å². The monoisotopic (exact) mass is 534 g/mol. The molecule has 5 aromatic rings. The molecule has 3 aromatic carbocycles. The number of hydrogen-bond donors (Lipinski definition) is 3. The number of para-hydroxylation sites is 2. The van der Waals surface area contributed by atoms with Crippen molar-refractivity contribution in [2.75, 3.05) is 30.8 Å². The van der Waals surface area contributed by atoms with Gasteiger partial charge in [-0.3, -0.25) is 19.5 Å². The minimum atomic E-state index is -0.555. The largest absolute Gasteiger partial charge is 0.497 e. The van der Waals surface area contributed by atoms with Gasteiger partial charge in [-0.25, -0.2) is 4.98 Å². The Morgan fingerprint density at radius 2 is 1.98 bits per heavy atom. The first-order valence-corrected chi connectivity index (χ1v) is 13.6. The lowest BCUT2D eigenvalue weighted by Gasteiger charge is -2.52. The number of anilines is 3. The highest BCUT2D eigenvalue weighted by Crippen LogP contribution is 2.44. The normalized spacial score (nSPS) is 22.9. The molecule has 0 spiro atoms. The topological polar surface area (TPSA) is 112 Å². The quantitative estimate of drug-likeness (QED) is 0.197. The highest BCUT2D eigenvalue weighted by molar-refractivity contribution is 5.86. The summed E-state index contributed by atoms with van der Waals surface area (Å²) in [6.45, 7) is 5.99. The second kappa shape index (κ2) is 9.60. The van der Waals surface area contributed by atoms with Gasteiger partial charge in [-0.1, -0.05) is 18.2 Å². The maximum Gasteiger partial charge on any atom is 0.253 e. The minimum Gasteiger partial charge on any atom is -0.497 e. The molecular weight excluding hydrogens is 504 g/mol. The summed E-state index contributed by atoms with van der Waals surface area (Å²) in [4.78, 5) is 40.6. The van der Waals surface area contributed by atoms with Crippen LogP contribution in [0.5, 0.6) is 5.75 Å². The van der Waals surface area contributed by atoms with Crippen LogP contribution in [0, 0.1) is 11.8 Å². The van der Waals surface area contributed by atoms with Crippen molar-refractivity contribution in [3.63, 3.8) is 0 Å². The first-order chi connectivity index (χ1) is 19.5. The molecular formula is C31H30N6O3. The number of rotatable bonds is 8. The summed E-state index contributed by atoms with van der Waals surface area (Å²) in [5.41, 5.74) is 2.90.